The number of benzene rings is 2. The van der Waals surface area contributed by atoms with Crippen LogP contribution >= 0.6 is 31.9 Å². The fourth-order valence-corrected chi connectivity index (χ4v) is 5.86. The van der Waals surface area contributed by atoms with E-state index in [0.717, 1.165) is 52.4 Å². The fraction of sp³-hybridized carbons (Fsp3) is 0.586. The van der Waals surface area contributed by atoms with Crippen molar-refractivity contribution < 1.29 is 0 Å². The van der Waals surface area contributed by atoms with Crippen molar-refractivity contribution >= 4 is 43.2 Å². The predicted octanol–water partition coefficient (Wildman–Crippen LogP) is 9.34. The summed E-state index contributed by atoms with van der Waals surface area (Å²) in [5.41, 5.74) is 23.4. The molecule has 0 aliphatic heterocycles. The molecule has 0 saturated heterocycles. The molecule has 4 heteroatoms. The summed E-state index contributed by atoms with van der Waals surface area (Å²) in [6.07, 6.45) is 14.9. The van der Waals surface area contributed by atoms with Crippen molar-refractivity contribution in [2.24, 2.45) is 0 Å². The molecule has 2 rings (SSSR count). The molecule has 0 aromatic heterocycles. The van der Waals surface area contributed by atoms with Crippen molar-refractivity contribution in [2.75, 3.05) is 11.5 Å². The number of unbranched alkanes of at least 4 members (excludes halogenated alkanes) is 4. The molecule has 0 spiro atoms. The van der Waals surface area contributed by atoms with Crippen LogP contribution in [0.5, 0.6) is 0 Å². The fourth-order valence-electron chi connectivity index (χ4n) is 4.76. The Bertz CT molecular complexity index is 832. The summed E-state index contributed by atoms with van der Waals surface area (Å²) < 4.78 is 2.21. The van der Waals surface area contributed by atoms with Gasteiger partial charge in [0.1, 0.15) is 0 Å². The van der Waals surface area contributed by atoms with Crippen LogP contribution in [0.3, 0.4) is 0 Å². The molecule has 184 valence electrons. The van der Waals surface area contributed by atoms with E-state index in [1.54, 1.807) is 0 Å². The predicted molar refractivity (Wildman–Crippen MR) is 154 cm³/mol. The van der Waals surface area contributed by atoms with Crippen molar-refractivity contribution in [1.82, 2.24) is 0 Å². The largest absolute Gasteiger partial charge is 0.398 e. The lowest BCUT2D eigenvalue weighted by Gasteiger charge is -2.22. The number of nitrogen functional groups attached to an aromatic ring is 2. The van der Waals surface area contributed by atoms with E-state index in [0.29, 0.717) is 0 Å². The van der Waals surface area contributed by atoms with Crippen molar-refractivity contribution in [2.45, 2.75) is 111 Å². The van der Waals surface area contributed by atoms with E-state index in [1.165, 1.54) is 84.7 Å². The van der Waals surface area contributed by atoms with Crippen LogP contribution in [0.25, 0.3) is 0 Å². The van der Waals surface area contributed by atoms with Gasteiger partial charge >= 0.3 is 0 Å². The first-order valence-electron chi connectivity index (χ1n) is 13.1. The quantitative estimate of drug-likeness (QED) is 0.219. The normalized spacial score (nSPS) is 11.3. The van der Waals surface area contributed by atoms with Gasteiger partial charge in [0, 0.05) is 20.3 Å². The molecule has 0 radical (unpaired) electrons. The highest BCUT2D eigenvalue weighted by Gasteiger charge is 2.19. The Kier molecular flexibility index (Phi) is 12.3. The topological polar surface area (TPSA) is 52.0 Å². The molecule has 2 nitrogen and oxygen atoms in total. The third-order valence-electron chi connectivity index (χ3n) is 6.70. The van der Waals surface area contributed by atoms with E-state index in [2.05, 4.69) is 71.7 Å². The van der Waals surface area contributed by atoms with Gasteiger partial charge in [-0.15, -0.1) is 0 Å². The Morgan fingerprint density at radius 1 is 0.545 bits per heavy atom. The van der Waals surface area contributed by atoms with Gasteiger partial charge in [-0.3, -0.25) is 0 Å². The first kappa shape index (κ1) is 28.2. The van der Waals surface area contributed by atoms with Crippen LogP contribution < -0.4 is 11.5 Å². The molecule has 33 heavy (non-hydrogen) atoms. The lowest BCUT2D eigenvalue weighted by atomic mass is 9.86. The van der Waals surface area contributed by atoms with Crippen LogP contribution in [0.1, 0.15) is 112 Å². The summed E-state index contributed by atoms with van der Waals surface area (Å²) in [7, 11) is 0. The Morgan fingerprint density at radius 2 is 0.848 bits per heavy atom. The van der Waals surface area contributed by atoms with Gasteiger partial charge in [0.05, 0.1) is 0 Å². The van der Waals surface area contributed by atoms with Crippen LogP contribution in [0.4, 0.5) is 11.4 Å². The third-order valence-corrected chi connectivity index (χ3v) is 8.58. The molecule has 2 aromatic rings. The van der Waals surface area contributed by atoms with Gasteiger partial charge in [-0.1, -0.05) is 53.4 Å². The molecule has 0 aliphatic rings. The minimum atomic E-state index is 0.864. The zero-order valence-corrected chi connectivity index (χ0v) is 24.4. The van der Waals surface area contributed by atoms with Crippen molar-refractivity contribution in [1.29, 1.82) is 0 Å². The summed E-state index contributed by atoms with van der Waals surface area (Å²) in [4.78, 5) is 0. The Morgan fingerprint density at radius 3 is 1.15 bits per heavy atom. The summed E-state index contributed by atoms with van der Waals surface area (Å²) in [5.74, 6) is 0. The monoisotopic (exact) mass is 578 g/mol. The highest BCUT2D eigenvalue weighted by atomic mass is 79.9. The van der Waals surface area contributed by atoms with Gasteiger partial charge in [-0.2, -0.15) is 0 Å². The van der Waals surface area contributed by atoms with Crippen LogP contribution in [0.2, 0.25) is 0 Å². The minimum absolute atomic E-state index is 0.864. The molecule has 0 aliphatic carbocycles. The van der Waals surface area contributed by atoms with E-state index in [9.17, 15) is 0 Å². The Labute approximate surface area is 219 Å². The molecule has 4 N–H and O–H groups in total. The van der Waals surface area contributed by atoms with Crippen LogP contribution in [-0.4, -0.2) is 0 Å². The number of halogens is 2. The summed E-state index contributed by atoms with van der Waals surface area (Å²) >= 11 is 7.66. The van der Waals surface area contributed by atoms with Gasteiger partial charge in [0.25, 0.3) is 0 Å². The molecule has 0 unspecified atom stereocenters. The van der Waals surface area contributed by atoms with E-state index < -0.39 is 0 Å². The van der Waals surface area contributed by atoms with Crippen molar-refractivity contribution in [3.63, 3.8) is 0 Å². The van der Waals surface area contributed by atoms with E-state index >= 15 is 0 Å². The molecule has 0 amide bonds. The maximum Gasteiger partial charge on any atom is 0.0464 e. The average Bonchev–Trinajstić information content (AvgIpc) is 2.80. The zero-order valence-electron chi connectivity index (χ0n) is 21.3. The third kappa shape index (κ3) is 7.49. The molecule has 0 bridgehead atoms. The second kappa shape index (κ2) is 14.4. The van der Waals surface area contributed by atoms with Gasteiger partial charge in [-0.25, -0.2) is 0 Å². The standard InChI is InChI=1S/C29H44Br2N2/c1-5-9-13-22-20(18-26(32)28(30)24(22)15-11-7-3)17-21-19-27(33)29(31)25(16-12-8-4)23(21)14-10-6-2/h18-19H,5-17,32-33H2,1-4H3. The highest BCUT2D eigenvalue weighted by molar-refractivity contribution is 9.11. The Hall–Kier alpha value is -1.00. The minimum Gasteiger partial charge on any atom is -0.398 e. The lowest BCUT2D eigenvalue weighted by molar-refractivity contribution is 0.744. The summed E-state index contributed by atoms with van der Waals surface area (Å²) in [6, 6.07) is 4.44. The second-order valence-electron chi connectivity index (χ2n) is 9.38. The van der Waals surface area contributed by atoms with E-state index in [4.69, 9.17) is 11.5 Å². The number of rotatable bonds is 14. The lowest BCUT2D eigenvalue weighted by Crippen LogP contribution is -2.09. The number of nitrogens with two attached hydrogens (primary N) is 2. The number of hydrogen-bond acceptors (Lipinski definition) is 2. The summed E-state index contributed by atoms with van der Waals surface area (Å²) in [5, 5.41) is 0. The molecule has 2 aromatic carbocycles. The molecular weight excluding hydrogens is 536 g/mol. The van der Waals surface area contributed by atoms with E-state index in [1.807, 2.05) is 0 Å². The molecule has 0 atom stereocenters. The SMILES string of the molecule is CCCCc1c(Cc2cc(N)c(Br)c(CCCC)c2CCCC)cc(N)c(Br)c1CCCC. The Balaban J connectivity index is 2.64. The smallest absolute Gasteiger partial charge is 0.0464 e. The van der Waals surface area contributed by atoms with Gasteiger partial charge in [0.2, 0.25) is 0 Å². The summed E-state index contributed by atoms with van der Waals surface area (Å²) in [6.45, 7) is 9.07. The van der Waals surface area contributed by atoms with Crippen molar-refractivity contribution in [3.8, 4) is 0 Å². The number of anilines is 2. The van der Waals surface area contributed by atoms with Crippen molar-refractivity contribution in [3.05, 3.63) is 54.5 Å². The van der Waals surface area contributed by atoms with Gasteiger partial charge in [-0.05, 0) is 135 Å². The van der Waals surface area contributed by atoms with E-state index in [-0.39, 0.29) is 0 Å². The molecule has 0 heterocycles. The first-order chi connectivity index (χ1) is 15.9. The number of hydrogen-bond donors (Lipinski definition) is 2. The molecular formula is C29H44Br2N2. The maximum absolute atomic E-state index is 6.53. The molecule has 0 fully saturated rings. The first-order valence-corrected chi connectivity index (χ1v) is 14.6. The average molecular weight is 580 g/mol. The second-order valence-corrected chi connectivity index (χ2v) is 11.0. The molecule has 0 saturated carbocycles. The van der Waals surface area contributed by atoms with Crippen LogP contribution in [0.15, 0.2) is 21.1 Å². The van der Waals surface area contributed by atoms with Gasteiger partial charge < -0.3 is 11.5 Å². The van der Waals surface area contributed by atoms with Gasteiger partial charge in [0.15, 0.2) is 0 Å². The van der Waals surface area contributed by atoms with Crippen LogP contribution in [-0.2, 0) is 32.1 Å². The zero-order chi connectivity index (χ0) is 24.4. The maximum atomic E-state index is 6.53. The highest BCUT2D eigenvalue weighted by Crippen LogP contribution is 2.37. The van der Waals surface area contributed by atoms with Crippen LogP contribution in [0, 0.1) is 0 Å².